The monoisotopic (exact) mass is 439 g/mol. The topological polar surface area (TPSA) is 88.6 Å². The Hall–Kier alpha value is -3.39. The Balaban J connectivity index is 1.84. The van der Waals surface area contributed by atoms with Gasteiger partial charge in [-0.3, -0.25) is 14.1 Å². The number of anilines is 2. The molecule has 0 bridgehead atoms. The highest BCUT2D eigenvalue weighted by Gasteiger charge is 2.18. The molecule has 0 aliphatic rings. The van der Waals surface area contributed by atoms with Gasteiger partial charge in [0.25, 0.3) is 0 Å². The van der Waals surface area contributed by atoms with Crippen LogP contribution in [0.25, 0.3) is 0 Å². The third-order valence-electron chi connectivity index (χ3n) is 4.79. The Bertz CT molecular complexity index is 1160. The number of sulfonamides is 1. The number of carbonyl (C=O) groups is 1. The normalized spacial score (nSPS) is 11.1. The molecule has 0 radical (unpaired) electrons. The van der Waals surface area contributed by atoms with Gasteiger partial charge >= 0.3 is 0 Å². The summed E-state index contributed by atoms with van der Waals surface area (Å²) in [5.74, 6) is 0.125. The highest BCUT2D eigenvalue weighted by atomic mass is 32.2. The maximum Gasteiger partial charge on any atom is 0.232 e. The Morgan fingerprint density at radius 1 is 1.10 bits per heavy atom. The summed E-state index contributed by atoms with van der Waals surface area (Å²) >= 11 is 0. The van der Waals surface area contributed by atoms with Crippen LogP contribution >= 0.6 is 0 Å². The highest BCUT2D eigenvalue weighted by molar-refractivity contribution is 7.92. The molecule has 8 heteroatoms. The van der Waals surface area contributed by atoms with E-state index in [9.17, 15) is 13.2 Å². The van der Waals surface area contributed by atoms with E-state index >= 15 is 0 Å². The van der Waals surface area contributed by atoms with Crippen molar-refractivity contribution in [2.75, 3.05) is 22.9 Å². The number of ether oxygens (including phenoxy) is 1. The van der Waals surface area contributed by atoms with Gasteiger partial charge in [0, 0.05) is 30.7 Å². The van der Waals surface area contributed by atoms with Crippen LogP contribution in [0.1, 0.15) is 16.8 Å². The molecule has 1 heterocycles. The number of aromatic nitrogens is 1. The average Bonchev–Trinajstić information content (AvgIpc) is 2.73. The molecular weight excluding hydrogens is 414 g/mol. The van der Waals surface area contributed by atoms with E-state index in [2.05, 4.69) is 10.3 Å². The molecule has 7 nitrogen and oxygen atoms in total. The van der Waals surface area contributed by atoms with Crippen molar-refractivity contribution in [3.8, 4) is 5.75 Å². The van der Waals surface area contributed by atoms with Crippen LogP contribution in [0, 0.1) is 6.92 Å². The molecule has 0 fully saturated rings. The third-order valence-corrected chi connectivity index (χ3v) is 5.98. The van der Waals surface area contributed by atoms with Gasteiger partial charge in [0.05, 0.1) is 18.4 Å². The molecular formula is C23H25N3O4S. The van der Waals surface area contributed by atoms with E-state index in [4.69, 9.17) is 4.74 Å². The van der Waals surface area contributed by atoms with E-state index in [0.29, 0.717) is 22.8 Å². The molecule has 3 rings (SSSR count). The van der Waals surface area contributed by atoms with Crippen LogP contribution in [0.5, 0.6) is 5.75 Å². The van der Waals surface area contributed by atoms with E-state index in [1.807, 2.05) is 37.3 Å². The predicted molar refractivity (Wildman–Crippen MR) is 122 cm³/mol. The lowest BCUT2D eigenvalue weighted by molar-refractivity contribution is -0.115. The second kappa shape index (κ2) is 9.61. The zero-order valence-electron chi connectivity index (χ0n) is 17.7. The Labute approximate surface area is 182 Å². The van der Waals surface area contributed by atoms with Gasteiger partial charge in [0.2, 0.25) is 15.9 Å². The molecule has 162 valence electrons. The fraction of sp³-hybridized carbons (Fsp3) is 0.217. The van der Waals surface area contributed by atoms with Crippen LogP contribution < -0.4 is 14.4 Å². The molecule has 1 amide bonds. The van der Waals surface area contributed by atoms with Gasteiger partial charge in [-0.05, 0) is 42.3 Å². The van der Waals surface area contributed by atoms with Crippen LogP contribution in [0.4, 0.5) is 11.4 Å². The standard InChI is InChI=1S/C23H25N3O4S/c1-17-8-4-5-9-18(17)16-30-22-14-20(11-12-21(22)26(2)31(3,28)29)25-23(27)15-19-10-6-7-13-24-19/h4-14H,15-16H2,1-3H3,(H,25,27). The van der Waals surface area contributed by atoms with Crippen LogP contribution in [0.15, 0.2) is 66.9 Å². The molecule has 0 aliphatic carbocycles. The maximum atomic E-state index is 12.4. The Morgan fingerprint density at radius 3 is 2.52 bits per heavy atom. The number of nitrogens with one attached hydrogen (secondary N) is 1. The molecule has 2 aromatic carbocycles. The number of amides is 1. The van der Waals surface area contributed by atoms with Crippen molar-refractivity contribution < 1.29 is 17.9 Å². The minimum absolute atomic E-state index is 0.130. The van der Waals surface area contributed by atoms with E-state index in [1.54, 1.807) is 36.5 Å². The first-order chi connectivity index (χ1) is 14.7. The zero-order valence-corrected chi connectivity index (χ0v) is 18.5. The van der Waals surface area contributed by atoms with Crippen LogP contribution in [-0.2, 0) is 27.8 Å². The fourth-order valence-electron chi connectivity index (χ4n) is 2.95. The van der Waals surface area contributed by atoms with E-state index in [1.165, 1.54) is 7.05 Å². The lowest BCUT2D eigenvalue weighted by Crippen LogP contribution is -2.25. The molecule has 0 aliphatic heterocycles. The van der Waals surface area contributed by atoms with E-state index in [0.717, 1.165) is 21.7 Å². The van der Waals surface area contributed by atoms with Crippen molar-refractivity contribution in [1.29, 1.82) is 0 Å². The van der Waals surface area contributed by atoms with Gasteiger partial charge in [0.15, 0.2) is 0 Å². The largest absolute Gasteiger partial charge is 0.487 e. The maximum absolute atomic E-state index is 12.4. The Morgan fingerprint density at radius 2 is 1.84 bits per heavy atom. The van der Waals surface area contributed by atoms with Gasteiger partial charge in [-0.2, -0.15) is 0 Å². The fourth-order valence-corrected chi connectivity index (χ4v) is 3.45. The smallest absolute Gasteiger partial charge is 0.232 e. The average molecular weight is 440 g/mol. The lowest BCUT2D eigenvalue weighted by atomic mass is 10.1. The SMILES string of the molecule is Cc1ccccc1COc1cc(NC(=O)Cc2ccccn2)ccc1N(C)S(C)(=O)=O. The van der Waals surface area contributed by atoms with Gasteiger partial charge in [0.1, 0.15) is 12.4 Å². The molecule has 31 heavy (non-hydrogen) atoms. The van der Waals surface area contributed by atoms with Gasteiger partial charge in [-0.15, -0.1) is 0 Å². The molecule has 3 aromatic rings. The summed E-state index contributed by atoms with van der Waals surface area (Å²) in [7, 11) is -2.03. The number of aryl methyl sites for hydroxylation is 1. The number of pyridine rings is 1. The first kappa shape index (κ1) is 22.3. The summed E-state index contributed by atoms with van der Waals surface area (Å²) in [5, 5.41) is 2.82. The molecule has 0 unspecified atom stereocenters. The first-order valence-corrected chi connectivity index (χ1v) is 11.5. The highest BCUT2D eigenvalue weighted by Crippen LogP contribution is 2.33. The summed E-state index contributed by atoms with van der Waals surface area (Å²) in [6.45, 7) is 2.25. The van der Waals surface area contributed by atoms with Crippen molar-refractivity contribution >= 4 is 27.3 Å². The van der Waals surface area contributed by atoms with Crippen molar-refractivity contribution in [1.82, 2.24) is 4.98 Å². The Kier molecular flexibility index (Phi) is 6.91. The van der Waals surface area contributed by atoms with Gasteiger partial charge in [-0.25, -0.2) is 8.42 Å². The quantitative estimate of drug-likeness (QED) is 0.580. The number of hydrogen-bond acceptors (Lipinski definition) is 5. The zero-order chi connectivity index (χ0) is 22.4. The number of hydrogen-bond donors (Lipinski definition) is 1. The van der Waals surface area contributed by atoms with Crippen molar-refractivity contribution in [3.05, 3.63) is 83.7 Å². The van der Waals surface area contributed by atoms with Crippen molar-refractivity contribution in [2.24, 2.45) is 0 Å². The molecule has 1 aromatic heterocycles. The van der Waals surface area contributed by atoms with Crippen LogP contribution in [-0.4, -0.2) is 32.6 Å². The predicted octanol–water partition coefficient (Wildman–Crippen LogP) is 3.55. The minimum atomic E-state index is -3.49. The number of rotatable bonds is 8. The molecule has 0 spiro atoms. The number of carbonyl (C=O) groups excluding carboxylic acids is 1. The summed E-state index contributed by atoms with van der Waals surface area (Å²) < 4.78 is 31.3. The van der Waals surface area contributed by atoms with Crippen molar-refractivity contribution in [3.63, 3.8) is 0 Å². The first-order valence-electron chi connectivity index (χ1n) is 9.69. The third kappa shape index (κ3) is 6.05. The second-order valence-electron chi connectivity index (χ2n) is 7.17. The summed E-state index contributed by atoms with van der Waals surface area (Å²) in [6.07, 6.45) is 2.89. The second-order valence-corrected chi connectivity index (χ2v) is 9.19. The van der Waals surface area contributed by atoms with Crippen LogP contribution in [0.2, 0.25) is 0 Å². The van der Waals surface area contributed by atoms with Crippen LogP contribution in [0.3, 0.4) is 0 Å². The van der Waals surface area contributed by atoms with Gasteiger partial charge < -0.3 is 10.1 Å². The molecule has 0 saturated carbocycles. The van der Waals surface area contributed by atoms with Gasteiger partial charge in [-0.1, -0.05) is 30.3 Å². The molecule has 0 atom stereocenters. The minimum Gasteiger partial charge on any atom is -0.487 e. The summed E-state index contributed by atoms with van der Waals surface area (Å²) in [6, 6.07) is 18.1. The summed E-state index contributed by atoms with van der Waals surface area (Å²) in [5.41, 5.74) is 3.61. The van der Waals surface area contributed by atoms with E-state index < -0.39 is 10.0 Å². The van der Waals surface area contributed by atoms with E-state index in [-0.39, 0.29) is 18.9 Å². The molecule has 1 N–H and O–H groups in total. The summed E-state index contributed by atoms with van der Waals surface area (Å²) in [4.78, 5) is 16.6. The number of benzene rings is 2. The molecule has 0 saturated heterocycles. The van der Waals surface area contributed by atoms with Crippen molar-refractivity contribution in [2.45, 2.75) is 20.0 Å². The number of nitrogens with zero attached hydrogens (tertiary/aromatic N) is 2. The lowest BCUT2D eigenvalue weighted by Gasteiger charge is -2.21.